The van der Waals surface area contributed by atoms with Gasteiger partial charge in [-0.25, -0.2) is 23.1 Å². The maximum atomic E-state index is 13.0. The molecule has 1 amide bonds. The molecule has 0 unspecified atom stereocenters. The van der Waals surface area contributed by atoms with Crippen molar-refractivity contribution in [2.45, 2.75) is 37.8 Å². The van der Waals surface area contributed by atoms with Crippen molar-refractivity contribution < 1.29 is 17.6 Å². The number of benzene rings is 1. The molecule has 0 bridgehead atoms. The van der Waals surface area contributed by atoms with Gasteiger partial charge in [-0.15, -0.1) is 11.3 Å². The number of furan rings is 1. The van der Waals surface area contributed by atoms with E-state index >= 15 is 0 Å². The third kappa shape index (κ3) is 4.65. The first kappa shape index (κ1) is 25.7. The second-order valence-electron chi connectivity index (χ2n) is 8.92. The van der Waals surface area contributed by atoms with Gasteiger partial charge < -0.3 is 9.73 Å². The fraction of sp³-hybridized carbons (Fsp3) is 0.200. The summed E-state index contributed by atoms with van der Waals surface area (Å²) in [5.41, 5.74) is 4.65. The fourth-order valence-corrected chi connectivity index (χ4v) is 8.48. The lowest BCUT2D eigenvalue weighted by atomic mass is 9.97. The second kappa shape index (κ2) is 9.59. The van der Waals surface area contributed by atoms with E-state index in [2.05, 4.69) is 20.0 Å². The number of fused-ring (bicyclic) bond motifs is 3. The topological polar surface area (TPSA) is 132 Å². The Morgan fingerprint density at radius 3 is 2.64 bits per heavy atom. The van der Waals surface area contributed by atoms with E-state index in [-0.39, 0.29) is 10.1 Å². The summed E-state index contributed by atoms with van der Waals surface area (Å²) in [5.74, 6) is 0.423. The van der Waals surface area contributed by atoms with Gasteiger partial charge in [-0.1, -0.05) is 22.9 Å². The Morgan fingerprint density at radius 2 is 1.97 bits per heavy atom. The number of rotatable bonds is 6. The Bertz CT molecular complexity index is 1850. The van der Waals surface area contributed by atoms with Gasteiger partial charge in [0.25, 0.3) is 10.0 Å². The monoisotopic (exact) mass is 600 g/mol. The van der Waals surface area contributed by atoms with Crippen LogP contribution in [0, 0.1) is 13.8 Å². The van der Waals surface area contributed by atoms with E-state index in [4.69, 9.17) is 21.1 Å². The predicted octanol–water partition coefficient (Wildman–Crippen LogP) is 5.84. The molecule has 0 saturated heterocycles. The molecule has 5 aromatic rings. The number of carbonyl (C=O) groups excluding carboxylic acids is 1. The van der Waals surface area contributed by atoms with Crippen molar-refractivity contribution in [3.05, 3.63) is 63.6 Å². The van der Waals surface area contributed by atoms with E-state index in [0.29, 0.717) is 56.5 Å². The van der Waals surface area contributed by atoms with Crippen molar-refractivity contribution in [3.8, 4) is 27.7 Å². The van der Waals surface area contributed by atoms with Crippen LogP contribution in [0.3, 0.4) is 0 Å². The Morgan fingerprint density at radius 1 is 1.15 bits per heavy atom. The van der Waals surface area contributed by atoms with Crippen molar-refractivity contribution in [3.63, 3.8) is 0 Å². The second-order valence-corrected chi connectivity index (χ2v) is 13.4. The maximum absolute atomic E-state index is 13.0. The van der Waals surface area contributed by atoms with Crippen molar-refractivity contribution >= 4 is 61.0 Å². The molecule has 0 spiro atoms. The number of sulfonamides is 1. The number of hydrogen-bond donors (Lipinski definition) is 2. The van der Waals surface area contributed by atoms with Gasteiger partial charge in [0.1, 0.15) is 5.69 Å². The van der Waals surface area contributed by atoms with Crippen LogP contribution in [0.25, 0.3) is 27.7 Å². The molecular weight excluding hydrogens is 580 g/mol. The predicted molar refractivity (Wildman–Crippen MR) is 151 cm³/mol. The van der Waals surface area contributed by atoms with Crippen LogP contribution in [0.5, 0.6) is 0 Å². The van der Waals surface area contributed by atoms with Gasteiger partial charge in [0.2, 0.25) is 5.91 Å². The number of aromatic nitrogens is 4. The molecule has 0 atom stereocenters. The van der Waals surface area contributed by atoms with Crippen LogP contribution in [0.2, 0.25) is 5.02 Å². The van der Waals surface area contributed by atoms with E-state index in [1.54, 1.807) is 49.1 Å². The molecule has 0 saturated carbocycles. The highest BCUT2D eigenvalue weighted by molar-refractivity contribution is 7.94. The number of aryl methyl sites for hydroxylation is 3. The Kier molecular flexibility index (Phi) is 6.33. The van der Waals surface area contributed by atoms with Crippen LogP contribution in [0.4, 0.5) is 10.8 Å². The molecule has 39 heavy (non-hydrogen) atoms. The van der Waals surface area contributed by atoms with Crippen LogP contribution in [-0.4, -0.2) is 34.1 Å². The van der Waals surface area contributed by atoms with E-state index in [0.717, 1.165) is 33.2 Å². The standard InChI is InChI=1S/C25H21ClN6O4S3/c1-12-24(37-14(3)27-12)39(34,35)31-15-6-9-19(17(26)11-15)32-22-16(21(30-32)20-5-4-10-36-20)7-8-18-23(22)38-25(29-18)28-13(2)33/h4-6,9-11,31H,7-8H2,1-3H3,(H,28,29,33). The van der Waals surface area contributed by atoms with Gasteiger partial charge in [0.15, 0.2) is 15.1 Å². The van der Waals surface area contributed by atoms with Crippen molar-refractivity contribution in [2.75, 3.05) is 10.0 Å². The molecule has 0 aliphatic heterocycles. The Labute approximate surface area is 236 Å². The van der Waals surface area contributed by atoms with Gasteiger partial charge in [-0.2, -0.15) is 5.10 Å². The average Bonchev–Trinajstić information content (AvgIpc) is 3.63. The van der Waals surface area contributed by atoms with E-state index in [1.807, 2.05) is 6.07 Å². The van der Waals surface area contributed by atoms with Crippen LogP contribution in [0.1, 0.15) is 28.9 Å². The molecule has 1 aliphatic carbocycles. The highest BCUT2D eigenvalue weighted by atomic mass is 35.5. The van der Waals surface area contributed by atoms with Gasteiger partial charge >= 0.3 is 0 Å². The third-order valence-corrected chi connectivity index (χ3v) is 10.5. The van der Waals surface area contributed by atoms with Gasteiger partial charge in [0, 0.05) is 12.5 Å². The number of carbonyl (C=O) groups is 1. The summed E-state index contributed by atoms with van der Waals surface area (Å²) < 4.78 is 36.2. The largest absolute Gasteiger partial charge is 0.463 e. The van der Waals surface area contributed by atoms with Crippen molar-refractivity contribution in [1.82, 2.24) is 19.7 Å². The fourth-order valence-electron chi connectivity index (χ4n) is 4.57. The van der Waals surface area contributed by atoms with Crippen LogP contribution in [0.15, 0.2) is 45.2 Å². The maximum Gasteiger partial charge on any atom is 0.273 e. The molecule has 1 aromatic carbocycles. The lowest BCUT2D eigenvalue weighted by Gasteiger charge is -2.15. The first-order valence-corrected chi connectivity index (χ1v) is 15.3. The number of hydrogen-bond acceptors (Lipinski definition) is 9. The summed E-state index contributed by atoms with van der Waals surface area (Å²) in [4.78, 5) is 21.4. The van der Waals surface area contributed by atoms with Gasteiger partial charge in [0.05, 0.1) is 49.6 Å². The lowest BCUT2D eigenvalue weighted by Crippen LogP contribution is -2.13. The number of halogens is 1. The zero-order valence-electron chi connectivity index (χ0n) is 20.9. The molecule has 4 heterocycles. The van der Waals surface area contributed by atoms with Gasteiger partial charge in [-0.3, -0.25) is 9.52 Å². The Balaban J connectivity index is 1.44. The lowest BCUT2D eigenvalue weighted by molar-refractivity contribution is -0.114. The average molecular weight is 601 g/mol. The zero-order chi connectivity index (χ0) is 27.5. The molecule has 6 rings (SSSR count). The minimum atomic E-state index is -3.83. The van der Waals surface area contributed by atoms with Crippen LogP contribution >= 0.6 is 34.3 Å². The van der Waals surface area contributed by atoms with Crippen molar-refractivity contribution in [1.29, 1.82) is 0 Å². The SMILES string of the molecule is CC(=O)Nc1nc2c(s1)-c1c(c(-c3ccco3)nn1-c1ccc(NS(=O)(=O)c3sc(C)nc3C)cc1Cl)CC2. The minimum absolute atomic E-state index is 0.164. The molecule has 14 heteroatoms. The van der Waals surface area contributed by atoms with Crippen LogP contribution in [-0.2, 0) is 27.7 Å². The molecular formula is C25H21ClN6O4S3. The van der Waals surface area contributed by atoms with E-state index in [9.17, 15) is 13.2 Å². The smallest absolute Gasteiger partial charge is 0.273 e. The highest BCUT2D eigenvalue weighted by Crippen LogP contribution is 2.45. The molecule has 0 fully saturated rings. The summed E-state index contributed by atoms with van der Waals surface area (Å²) in [7, 11) is -3.83. The molecule has 4 aromatic heterocycles. The molecule has 200 valence electrons. The third-order valence-electron chi connectivity index (χ3n) is 6.08. The van der Waals surface area contributed by atoms with Gasteiger partial charge in [-0.05, 0) is 57.0 Å². The molecule has 10 nitrogen and oxygen atoms in total. The van der Waals surface area contributed by atoms with Crippen molar-refractivity contribution in [2.24, 2.45) is 0 Å². The quantitative estimate of drug-likeness (QED) is 0.250. The Hall–Kier alpha value is -3.52. The minimum Gasteiger partial charge on any atom is -0.463 e. The number of amides is 1. The zero-order valence-corrected chi connectivity index (χ0v) is 24.1. The summed E-state index contributed by atoms with van der Waals surface area (Å²) >= 11 is 9.24. The first-order valence-electron chi connectivity index (χ1n) is 11.8. The summed E-state index contributed by atoms with van der Waals surface area (Å²) in [6.45, 7) is 4.87. The number of thiazole rings is 2. The molecule has 1 aliphatic rings. The summed E-state index contributed by atoms with van der Waals surface area (Å²) in [6, 6.07) is 8.56. The number of anilines is 2. The molecule has 2 N–H and O–H groups in total. The number of nitrogens with zero attached hydrogens (tertiary/aromatic N) is 4. The summed E-state index contributed by atoms with van der Waals surface area (Å²) in [5, 5.41) is 9.13. The first-order chi connectivity index (χ1) is 18.6. The van der Waals surface area contributed by atoms with E-state index in [1.165, 1.54) is 18.3 Å². The molecule has 0 radical (unpaired) electrons. The number of nitrogens with one attached hydrogen (secondary N) is 2. The highest BCUT2D eigenvalue weighted by Gasteiger charge is 2.31. The van der Waals surface area contributed by atoms with Crippen LogP contribution < -0.4 is 10.0 Å². The summed E-state index contributed by atoms with van der Waals surface area (Å²) in [6.07, 6.45) is 2.95. The normalized spacial score (nSPS) is 12.7. The van der Waals surface area contributed by atoms with E-state index < -0.39 is 10.0 Å².